The molecule has 1 saturated carbocycles. The van der Waals surface area contributed by atoms with E-state index in [1.54, 1.807) is 12.1 Å². The third kappa shape index (κ3) is 2.30. The molecule has 1 aliphatic carbocycles. The minimum atomic E-state index is -0.454. The highest BCUT2D eigenvalue weighted by atomic mass is 127. The Morgan fingerprint density at radius 1 is 1.50 bits per heavy atom. The summed E-state index contributed by atoms with van der Waals surface area (Å²) in [4.78, 5) is 11.8. The van der Waals surface area contributed by atoms with Crippen LogP contribution in [0, 0.1) is 3.57 Å². The maximum absolute atomic E-state index is 11.8. The van der Waals surface area contributed by atoms with Gasteiger partial charge >= 0.3 is 0 Å². The van der Waals surface area contributed by atoms with Gasteiger partial charge in [0.05, 0.1) is 17.7 Å². The van der Waals surface area contributed by atoms with Crippen LogP contribution < -0.4 is 5.32 Å². The van der Waals surface area contributed by atoms with Crippen molar-refractivity contribution in [2.24, 2.45) is 0 Å². The molecule has 0 saturated heterocycles. The number of carbonyl (C=O) groups excluding carboxylic acids is 1. The summed E-state index contributed by atoms with van der Waals surface area (Å²) in [5.41, 5.74) is -0.197. The van der Waals surface area contributed by atoms with Crippen LogP contribution in [0.15, 0.2) is 18.2 Å². The van der Waals surface area contributed by atoms with E-state index in [1.807, 2.05) is 0 Å². The van der Waals surface area contributed by atoms with Gasteiger partial charge in [-0.05, 0) is 53.6 Å². The number of hydrogen-bond acceptors (Lipinski definition) is 3. The summed E-state index contributed by atoms with van der Waals surface area (Å²) < 4.78 is 0.884. The Morgan fingerprint density at radius 2 is 2.19 bits per heavy atom. The standard InChI is InChI=1S/C11H12INO3/c12-7-1-2-9(15)8(5-7)10(16)13-11(6-14)3-4-11/h1-2,5,14-15H,3-4,6H2,(H,13,16). The van der Waals surface area contributed by atoms with Crippen molar-refractivity contribution < 1.29 is 15.0 Å². The summed E-state index contributed by atoms with van der Waals surface area (Å²) in [5.74, 6) is -0.366. The molecule has 0 spiro atoms. The Morgan fingerprint density at radius 3 is 2.75 bits per heavy atom. The molecule has 16 heavy (non-hydrogen) atoms. The predicted molar refractivity (Wildman–Crippen MR) is 67.3 cm³/mol. The number of aliphatic hydroxyl groups excluding tert-OH is 1. The summed E-state index contributed by atoms with van der Waals surface area (Å²) in [7, 11) is 0. The molecule has 86 valence electrons. The lowest BCUT2D eigenvalue weighted by atomic mass is 10.1. The molecule has 4 nitrogen and oxygen atoms in total. The topological polar surface area (TPSA) is 69.6 Å². The monoisotopic (exact) mass is 333 g/mol. The zero-order chi connectivity index (χ0) is 11.8. The van der Waals surface area contributed by atoms with Gasteiger partial charge in [-0.25, -0.2) is 0 Å². The van der Waals surface area contributed by atoms with Crippen LogP contribution in [0.5, 0.6) is 5.75 Å². The average molecular weight is 333 g/mol. The van der Waals surface area contributed by atoms with Crippen LogP contribution in [0.2, 0.25) is 0 Å². The zero-order valence-corrected chi connectivity index (χ0v) is 10.7. The first-order valence-electron chi connectivity index (χ1n) is 4.98. The number of amides is 1. The SMILES string of the molecule is O=C(NC1(CO)CC1)c1cc(I)ccc1O. The minimum absolute atomic E-state index is 0.0355. The van der Waals surface area contributed by atoms with Crippen molar-refractivity contribution in [3.8, 4) is 5.75 Å². The summed E-state index contributed by atoms with van der Waals surface area (Å²) in [6, 6.07) is 4.85. The van der Waals surface area contributed by atoms with Gasteiger partial charge in [-0.1, -0.05) is 0 Å². The Kier molecular flexibility index (Phi) is 3.07. The second-order valence-electron chi connectivity index (χ2n) is 4.05. The highest BCUT2D eigenvalue weighted by molar-refractivity contribution is 14.1. The summed E-state index contributed by atoms with van der Waals surface area (Å²) in [5, 5.41) is 21.4. The smallest absolute Gasteiger partial charge is 0.255 e. The molecule has 1 aromatic rings. The molecule has 0 unspecified atom stereocenters. The molecular formula is C11H12INO3. The molecule has 0 aliphatic heterocycles. The van der Waals surface area contributed by atoms with E-state index in [1.165, 1.54) is 6.07 Å². The normalized spacial score (nSPS) is 16.9. The maximum atomic E-state index is 11.8. The van der Waals surface area contributed by atoms with E-state index in [-0.39, 0.29) is 23.8 Å². The molecule has 0 atom stereocenters. The van der Waals surface area contributed by atoms with Crippen molar-refractivity contribution in [3.05, 3.63) is 27.3 Å². The number of nitrogens with one attached hydrogen (secondary N) is 1. The number of hydrogen-bond donors (Lipinski definition) is 3. The first kappa shape index (κ1) is 11.7. The number of rotatable bonds is 3. The molecule has 0 bridgehead atoms. The van der Waals surface area contributed by atoms with Crippen molar-refractivity contribution in [2.45, 2.75) is 18.4 Å². The van der Waals surface area contributed by atoms with Crippen LogP contribution >= 0.6 is 22.6 Å². The maximum Gasteiger partial charge on any atom is 0.255 e. The van der Waals surface area contributed by atoms with Crippen molar-refractivity contribution >= 4 is 28.5 Å². The van der Waals surface area contributed by atoms with Crippen molar-refractivity contribution in [3.63, 3.8) is 0 Å². The number of halogens is 1. The fraction of sp³-hybridized carbons (Fsp3) is 0.364. The van der Waals surface area contributed by atoms with Crippen molar-refractivity contribution in [1.29, 1.82) is 0 Å². The lowest BCUT2D eigenvalue weighted by molar-refractivity contribution is 0.0904. The van der Waals surface area contributed by atoms with Gasteiger partial charge in [0.2, 0.25) is 0 Å². The quantitative estimate of drug-likeness (QED) is 0.730. The second kappa shape index (κ2) is 4.21. The first-order chi connectivity index (χ1) is 7.56. The van der Waals surface area contributed by atoms with Crippen LogP contribution in [0.4, 0.5) is 0 Å². The molecule has 1 fully saturated rings. The van der Waals surface area contributed by atoms with Gasteiger partial charge in [-0.3, -0.25) is 4.79 Å². The summed E-state index contributed by atoms with van der Waals surface area (Å²) in [6.07, 6.45) is 1.58. The van der Waals surface area contributed by atoms with E-state index < -0.39 is 5.54 Å². The Hall–Kier alpha value is -0.820. The van der Waals surface area contributed by atoms with Crippen LogP contribution in [0.1, 0.15) is 23.2 Å². The molecule has 1 aliphatic rings. The molecular weight excluding hydrogens is 321 g/mol. The van der Waals surface area contributed by atoms with E-state index in [2.05, 4.69) is 27.9 Å². The molecule has 0 heterocycles. The van der Waals surface area contributed by atoms with Crippen LogP contribution in [0.3, 0.4) is 0 Å². The Balaban J connectivity index is 2.17. The number of aliphatic hydroxyl groups is 1. The second-order valence-corrected chi connectivity index (χ2v) is 5.30. The molecule has 1 aromatic carbocycles. The molecule has 3 N–H and O–H groups in total. The molecule has 1 amide bonds. The van der Waals surface area contributed by atoms with Crippen LogP contribution in [0.25, 0.3) is 0 Å². The van der Waals surface area contributed by atoms with E-state index in [4.69, 9.17) is 5.11 Å². The van der Waals surface area contributed by atoms with Gasteiger partial charge in [0.1, 0.15) is 5.75 Å². The first-order valence-corrected chi connectivity index (χ1v) is 6.06. The third-order valence-electron chi connectivity index (χ3n) is 2.74. The Bertz CT molecular complexity index is 429. The Labute approximate surface area is 107 Å². The van der Waals surface area contributed by atoms with Crippen LogP contribution in [-0.2, 0) is 0 Å². The molecule has 0 radical (unpaired) electrons. The lowest BCUT2D eigenvalue weighted by Gasteiger charge is -2.14. The van der Waals surface area contributed by atoms with Crippen LogP contribution in [-0.4, -0.2) is 28.3 Å². The van der Waals surface area contributed by atoms with Crippen molar-refractivity contribution in [2.75, 3.05) is 6.61 Å². The fourth-order valence-corrected chi connectivity index (χ4v) is 1.96. The predicted octanol–water partition coefficient (Wildman–Crippen LogP) is 1.25. The minimum Gasteiger partial charge on any atom is -0.507 e. The average Bonchev–Trinajstić information content (AvgIpc) is 3.02. The van der Waals surface area contributed by atoms with Gasteiger partial charge in [-0.15, -0.1) is 0 Å². The summed E-state index contributed by atoms with van der Waals surface area (Å²) >= 11 is 2.08. The van der Waals surface area contributed by atoms with E-state index in [9.17, 15) is 9.90 Å². The lowest BCUT2D eigenvalue weighted by Crippen LogP contribution is -2.39. The number of phenols is 1. The van der Waals surface area contributed by atoms with Crippen molar-refractivity contribution in [1.82, 2.24) is 5.32 Å². The number of phenolic OH excluding ortho intramolecular Hbond substituents is 1. The van der Waals surface area contributed by atoms with Gasteiger partial charge in [0.25, 0.3) is 5.91 Å². The van der Waals surface area contributed by atoms with Gasteiger partial charge < -0.3 is 15.5 Å². The number of benzene rings is 1. The van der Waals surface area contributed by atoms with E-state index in [0.717, 1.165) is 16.4 Å². The largest absolute Gasteiger partial charge is 0.507 e. The van der Waals surface area contributed by atoms with E-state index in [0.29, 0.717) is 0 Å². The van der Waals surface area contributed by atoms with Gasteiger partial charge in [-0.2, -0.15) is 0 Å². The highest BCUT2D eigenvalue weighted by Gasteiger charge is 2.43. The molecule has 2 rings (SSSR count). The molecule has 5 heteroatoms. The summed E-state index contributed by atoms with van der Waals surface area (Å²) in [6.45, 7) is -0.0522. The zero-order valence-electron chi connectivity index (χ0n) is 8.53. The molecule has 0 aromatic heterocycles. The highest BCUT2D eigenvalue weighted by Crippen LogP contribution is 2.35. The van der Waals surface area contributed by atoms with Gasteiger partial charge in [0, 0.05) is 3.57 Å². The third-order valence-corrected chi connectivity index (χ3v) is 3.41. The van der Waals surface area contributed by atoms with E-state index >= 15 is 0 Å². The number of aromatic hydroxyl groups is 1. The van der Waals surface area contributed by atoms with Gasteiger partial charge in [0.15, 0.2) is 0 Å². The fourth-order valence-electron chi connectivity index (χ4n) is 1.47. The number of carbonyl (C=O) groups is 1.